The highest BCUT2D eigenvalue weighted by molar-refractivity contribution is 9.11. The SMILES string of the molecule is CC(C)(CNC(C)(C)C)Cc1ccc(Br)s1. The fraction of sp³-hybridized carbons (Fsp3) is 0.692. The number of nitrogens with one attached hydrogen (secondary N) is 1. The van der Waals surface area contributed by atoms with Crippen molar-refractivity contribution in [1.29, 1.82) is 0 Å². The number of rotatable bonds is 4. The lowest BCUT2D eigenvalue weighted by Gasteiger charge is -2.30. The van der Waals surface area contributed by atoms with Crippen molar-refractivity contribution >= 4 is 27.3 Å². The monoisotopic (exact) mass is 303 g/mol. The van der Waals surface area contributed by atoms with Gasteiger partial charge in [0.25, 0.3) is 0 Å². The van der Waals surface area contributed by atoms with Crippen LogP contribution in [0.25, 0.3) is 0 Å². The summed E-state index contributed by atoms with van der Waals surface area (Å²) < 4.78 is 1.22. The van der Waals surface area contributed by atoms with Crippen LogP contribution in [0.1, 0.15) is 39.5 Å². The Hall–Kier alpha value is 0.140. The van der Waals surface area contributed by atoms with Crippen molar-refractivity contribution in [3.05, 3.63) is 20.8 Å². The zero-order valence-corrected chi connectivity index (χ0v) is 13.3. The van der Waals surface area contributed by atoms with Crippen LogP contribution in [0.3, 0.4) is 0 Å². The summed E-state index contributed by atoms with van der Waals surface area (Å²) in [4.78, 5) is 1.45. The van der Waals surface area contributed by atoms with E-state index in [1.807, 2.05) is 11.3 Å². The molecule has 0 saturated heterocycles. The second kappa shape index (κ2) is 5.19. The molecule has 16 heavy (non-hydrogen) atoms. The van der Waals surface area contributed by atoms with Gasteiger partial charge in [-0.25, -0.2) is 0 Å². The first-order valence-corrected chi connectivity index (χ1v) is 7.28. The first-order valence-electron chi connectivity index (χ1n) is 5.67. The fourth-order valence-electron chi connectivity index (χ4n) is 1.49. The molecule has 0 spiro atoms. The minimum Gasteiger partial charge on any atom is -0.312 e. The van der Waals surface area contributed by atoms with Gasteiger partial charge in [0, 0.05) is 17.0 Å². The summed E-state index contributed by atoms with van der Waals surface area (Å²) in [7, 11) is 0. The van der Waals surface area contributed by atoms with Crippen LogP contribution in [0.4, 0.5) is 0 Å². The zero-order chi connectivity index (χ0) is 12.4. The van der Waals surface area contributed by atoms with Crippen LogP contribution in [0, 0.1) is 5.41 Å². The van der Waals surface area contributed by atoms with Crippen molar-refractivity contribution in [3.8, 4) is 0 Å². The van der Waals surface area contributed by atoms with E-state index in [0.717, 1.165) is 13.0 Å². The molecule has 0 saturated carbocycles. The van der Waals surface area contributed by atoms with E-state index in [0.29, 0.717) is 5.41 Å². The summed E-state index contributed by atoms with van der Waals surface area (Å²) in [5.41, 5.74) is 0.505. The molecular weight excluding hydrogens is 282 g/mol. The molecule has 0 atom stereocenters. The maximum atomic E-state index is 3.58. The Bertz CT molecular complexity index is 336. The molecule has 0 aromatic carbocycles. The third-order valence-corrected chi connectivity index (χ3v) is 4.00. The average Bonchev–Trinajstić information content (AvgIpc) is 2.46. The maximum absolute atomic E-state index is 3.58. The van der Waals surface area contributed by atoms with E-state index in [1.54, 1.807) is 0 Å². The minimum absolute atomic E-state index is 0.202. The van der Waals surface area contributed by atoms with Crippen molar-refractivity contribution in [1.82, 2.24) is 5.32 Å². The van der Waals surface area contributed by atoms with E-state index in [-0.39, 0.29) is 5.54 Å². The second-order valence-corrected chi connectivity index (χ2v) is 8.70. The smallest absolute Gasteiger partial charge is 0.0701 e. The van der Waals surface area contributed by atoms with E-state index < -0.39 is 0 Å². The van der Waals surface area contributed by atoms with E-state index in [1.165, 1.54) is 8.66 Å². The van der Waals surface area contributed by atoms with Gasteiger partial charge in [0.1, 0.15) is 0 Å². The molecule has 0 radical (unpaired) electrons. The Kier molecular flexibility index (Phi) is 4.61. The lowest BCUT2D eigenvalue weighted by atomic mass is 9.87. The molecule has 3 heteroatoms. The summed E-state index contributed by atoms with van der Waals surface area (Å²) in [6.45, 7) is 12.3. The van der Waals surface area contributed by atoms with E-state index in [9.17, 15) is 0 Å². The Balaban J connectivity index is 2.51. The van der Waals surface area contributed by atoms with Crippen molar-refractivity contribution in [2.75, 3.05) is 6.54 Å². The number of thiophene rings is 1. The molecule has 1 aromatic rings. The van der Waals surface area contributed by atoms with Crippen molar-refractivity contribution in [2.24, 2.45) is 5.41 Å². The van der Waals surface area contributed by atoms with Crippen LogP contribution in [0.2, 0.25) is 0 Å². The Morgan fingerprint density at radius 3 is 2.25 bits per heavy atom. The van der Waals surface area contributed by atoms with Gasteiger partial charge < -0.3 is 5.32 Å². The first-order chi connectivity index (χ1) is 7.18. The molecule has 0 aliphatic rings. The molecule has 1 aromatic heterocycles. The van der Waals surface area contributed by atoms with E-state index in [2.05, 4.69) is 68.0 Å². The molecule has 1 heterocycles. The normalized spacial score (nSPS) is 13.1. The second-order valence-electron chi connectivity index (χ2n) is 6.15. The highest BCUT2D eigenvalue weighted by Gasteiger charge is 2.21. The third kappa shape index (κ3) is 5.46. The topological polar surface area (TPSA) is 12.0 Å². The minimum atomic E-state index is 0.202. The molecule has 0 unspecified atom stereocenters. The third-order valence-electron chi connectivity index (χ3n) is 2.38. The summed E-state index contributed by atoms with van der Waals surface area (Å²) in [6.07, 6.45) is 1.13. The highest BCUT2D eigenvalue weighted by atomic mass is 79.9. The van der Waals surface area contributed by atoms with Gasteiger partial charge in [0.2, 0.25) is 0 Å². The quantitative estimate of drug-likeness (QED) is 0.865. The Morgan fingerprint density at radius 1 is 1.19 bits per heavy atom. The van der Waals surface area contributed by atoms with Gasteiger partial charge in [-0.15, -0.1) is 11.3 Å². The standard InChI is InChI=1S/C13H22BrNS/c1-12(2,3)15-9-13(4,5)8-10-6-7-11(14)16-10/h6-7,15H,8-9H2,1-5H3. The molecule has 0 bridgehead atoms. The van der Waals surface area contributed by atoms with Crippen LogP contribution in [0.15, 0.2) is 15.9 Å². The summed E-state index contributed by atoms with van der Waals surface area (Å²) in [5.74, 6) is 0. The Labute approximate surface area is 112 Å². The van der Waals surface area contributed by atoms with Gasteiger partial charge in [-0.05, 0) is 60.7 Å². The molecule has 0 amide bonds. The van der Waals surface area contributed by atoms with Crippen molar-refractivity contribution in [2.45, 2.75) is 46.6 Å². The lowest BCUT2D eigenvalue weighted by molar-refractivity contribution is 0.290. The molecule has 1 nitrogen and oxygen atoms in total. The molecule has 1 rings (SSSR count). The van der Waals surface area contributed by atoms with Crippen molar-refractivity contribution < 1.29 is 0 Å². The average molecular weight is 304 g/mol. The molecule has 0 aliphatic carbocycles. The largest absolute Gasteiger partial charge is 0.312 e. The summed E-state index contributed by atoms with van der Waals surface area (Å²) >= 11 is 5.35. The highest BCUT2D eigenvalue weighted by Crippen LogP contribution is 2.29. The molecule has 0 aliphatic heterocycles. The summed E-state index contributed by atoms with van der Waals surface area (Å²) in [6, 6.07) is 4.35. The molecule has 1 N–H and O–H groups in total. The van der Waals surface area contributed by atoms with E-state index in [4.69, 9.17) is 0 Å². The maximum Gasteiger partial charge on any atom is 0.0701 e. The van der Waals surface area contributed by atoms with E-state index >= 15 is 0 Å². The van der Waals surface area contributed by atoms with Gasteiger partial charge in [0.15, 0.2) is 0 Å². The first kappa shape index (κ1) is 14.2. The van der Waals surface area contributed by atoms with Gasteiger partial charge in [-0.1, -0.05) is 13.8 Å². The predicted octanol–water partition coefficient (Wildman–Crippen LogP) is 4.47. The predicted molar refractivity (Wildman–Crippen MR) is 77.3 cm³/mol. The zero-order valence-electron chi connectivity index (χ0n) is 10.9. The Morgan fingerprint density at radius 2 is 1.81 bits per heavy atom. The molecular formula is C13H22BrNS. The van der Waals surface area contributed by atoms with Crippen LogP contribution in [-0.2, 0) is 6.42 Å². The fourth-order valence-corrected chi connectivity index (χ4v) is 3.23. The number of hydrogen-bond donors (Lipinski definition) is 1. The van der Waals surface area contributed by atoms with Crippen LogP contribution >= 0.6 is 27.3 Å². The van der Waals surface area contributed by atoms with Crippen LogP contribution in [-0.4, -0.2) is 12.1 Å². The molecule has 92 valence electrons. The van der Waals surface area contributed by atoms with Gasteiger partial charge in [0.05, 0.1) is 3.79 Å². The van der Waals surface area contributed by atoms with Crippen LogP contribution < -0.4 is 5.32 Å². The molecule has 0 fully saturated rings. The van der Waals surface area contributed by atoms with Crippen LogP contribution in [0.5, 0.6) is 0 Å². The number of hydrogen-bond acceptors (Lipinski definition) is 2. The lowest BCUT2D eigenvalue weighted by Crippen LogP contribution is -2.42. The van der Waals surface area contributed by atoms with Gasteiger partial charge in [-0.3, -0.25) is 0 Å². The summed E-state index contributed by atoms with van der Waals surface area (Å²) in [5, 5.41) is 3.58. The number of halogens is 1. The van der Waals surface area contributed by atoms with Gasteiger partial charge in [-0.2, -0.15) is 0 Å². The van der Waals surface area contributed by atoms with Gasteiger partial charge >= 0.3 is 0 Å². The van der Waals surface area contributed by atoms with Crippen molar-refractivity contribution in [3.63, 3.8) is 0 Å².